The number of carbonyl (C=O) groups excluding carboxylic acids is 1. The Hall–Kier alpha value is -1.19. The monoisotopic (exact) mass is 336 g/mol. The number of sulfone groups is 1. The van der Waals surface area contributed by atoms with Crippen LogP contribution in [0.4, 0.5) is 14.5 Å². The third-order valence-corrected chi connectivity index (χ3v) is 5.38. The van der Waals surface area contributed by atoms with E-state index in [9.17, 15) is 22.0 Å². The van der Waals surface area contributed by atoms with Gasteiger partial charge in [0.1, 0.15) is 0 Å². The van der Waals surface area contributed by atoms with E-state index in [1.807, 2.05) is 0 Å². The molecule has 2 rings (SSSR count). The van der Waals surface area contributed by atoms with Gasteiger partial charge in [-0.2, -0.15) is 20.5 Å². The Bertz CT molecular complexity index is 599. The van der Waals surface area contributed by atoms with Crippen molar-refractivity contribution in [3.63, 3.8) is 0 Å². The minimum Gasteiger partial charge on any atom is -0.325 e. The van der Waals surface area contributed by atoms with Crippen molar-refractivity contribution >= 4 is 33.2 Å². The largest absolute Gasteiger partial charge is 0.341 e. The lowest BCUT2D eigenvalue weighted by atomic mass is 10.2. The smallest absolute Gasteiger partial charge is 0.325 e. The van der Waals surface area contributed by atoms with E-state index in [2.05, 4.69) is 10.6 Å². The number of rotatable bonds is 4. The second-order valence-corrected chi connectivity index (χ2v) is 7.47. The van der Waals surface area contributed by atoms with Crippen molar-refractivity contribution in [2.24, 2.45) is 0 Å². The average molecular weight is 336 g/mol. The van der Waals surface area contributed by atoms with Crippen molar-refractivity contribution in [3.8, 4) is 0 Å². The van der Waals surface area contributed by atoms with Gasteiger partial charge in [-0.1, -0.05) is 0 Å². The number of amides is 1. The highest BCUT2D eigenvalue weighted by molar-refractivity contribution is 7.99. The van der Waals surface area contributed by atoms with E-state index in [0.29, 0.717) is 11.4 Å². The molecule has 1 heterocycles. The molecule has 0 bridgehead atoms. The zero-order valence-electron chi connectivity index (χ0n) is 10.9. The van der Waals surface area contributed by atoms with Gasteiger partial charge in [0.15, 0.2) is 0 Å². The van der Waals surface area contributed by atoms with Gasteiger partial charge >= 0.3 is 5.76 Å². The minimum atomic E-state index is -4.60. The molecule has 1 atom stereocenters. The molecule has 0 radical (unpaired) electrons. The number of hydrogen-bond donors (Lipinski definition) is 2. The molecular formula is C12H14F2N2O3S2. The summed E-state index contributed by atoms with van der Waals surface area (Å²) in [5, 5.41) is 5.68. The van der Waals surface area contributed by atoms with Gasteiger partial charge in [-0.15, -0.1) is 0 Å². The normalized spacial score (nSPS) is 19.5. The molecule has 1 saturated heterocycles. The fourth-order valence-electron chi connectivity index (χ4n) is 1.79. The van der Waals surface area contributed by atoms with E-state index < -0.39 is 20.5 Å². The van der Waals surface area contributed by atoms with E-state index in [1.165, 1.54) is 12.1 Å². The van der Waals surface area contributed by atoms with E-state index in [-0.39, 0.29) is 11.9 Å². The van der Waals surface area contributed by atoms with Crippen molar-refractivity contribution in [2.45, 2.75) is 16.7 Å². The van der Waals surface area contributed by atoms with Crippen LogP contribution < -0.4 is 10.6 Å². The number of carbonyl (C=O) groups is 1. The summed E-state index contributed by atoms with van der Waals surface area (Å²) in [6, 6.07) is 4.39. The van der Waals surface area contributed by atoms with Crippen molar-refractivity contribution in [1.82, 2.24) is 5.32 Å². The molecule has 2 N–H and O–H groups in total. The van der Waals surface area contributed by atoms with Gasteiger partial charge in [0.2, 0.25) is 15.7 Å². The highest BCUT2D eigenvalue weighted by atomic mass is 32.2. The van der Waals surface area contributed by atoms with Gasteiger partial charge in [0.05, 0.1) is 10.9 Å². The van der Waals surface area contributed by atoms with Crippen LogP contribution in [-0.2, 0) is 14.6 Å². The molecule has 0 saturated carbocycles. The standard InChI is InChI=1S/C12H14F2N2O3S2/c13-12(14)21(18,19)9-3-1-8(2-4-9)16-11(17)10-7-20-6-5-15-10/h1-4,10,12,15H,5-7H2,(H,16,17). The van der Waals surface area contributed by atoms with Crippen LogP contribution in [0.15, 0.2) is 29.2 Å². The molecule has 1 fully saturated rings. The van der Waals surface area contributed by atoms with Crippen LogP contribution in [0.5, 0.6) is 0 Å². The zero-order valence-corrected chi connectivity index (χ0v) is 12.5. The van der Waals surface area contributed by atoms with Crippen molar-refractivity contribution in [1.29, 1.82) is 0 Å². The molecule has 1 amide bonds. The van der Waals surface area contributed by atoms with E-state index in [4.69, 9.17) is 0 Å². The predicted molar refractivity (Wildman–Crippen MR) is 77.4 cm³/mol. The van der Waals surface area contributed by atoms with Gasteiger partial charge < -0.3 is 10.6 Å². The summed E-state index contributed by atoms with van der Waals surface area (Å²) < 4.78 is 47.3. The SMILES string of the molecule is O=C(Nc1ccc(S(=O)(=O)C(F)F)cc1)C1CSCCN1. The Morgan fingerprint density at radius 2 is 2.00 bits per heavy atom. The molecule has 0 spiro atoms. The molecule has 5 nitrogen and oxygen atoms in total. The van der Waals surface area contributed by atoms with Crippen LogP contribution in [0.3, 0.4) is 0 Å². The molecule has 1 aromatic carbocycles. The maximum Gasteiger partial charge on any atom is 0.341 e. The van der Waals surface area contributed by atoms with Gasteiger partial charge in [0.25, 0.3) is 0 Å². The van der Waals surface area contributed by atoms with Crippen LogP contribution in [0.2, 0.25) is 0 Å². The number of halogens is 2. The summed E-state index contributed by atoms with van der Waals surface area (Å²) in [6.07, 6.45) is 0. The lowest BCUT2D eigenvalue weighted by Crippen LogP contribution is -2.46. The number of alkyl halides is 2. The lowest BCUT2D eigenvalue weighted by molar-refractivity contribution is -0.117. The molecular weight excluding hydrogens is 322 g/mol. The second kappa shape index (κ2) is 6.71. The first-order chi connectivity index (χ1) is 9.91. The van der Waals surface area contributed by atoms with Crippen LogP contribution in [0.1, 0.15) is 0 Å². The first-order valence-electron chi connectivity index (χ1n) is 6.15. The molecule has 1 aliphatic rings. The average Bonchev–Trinajstić information content (AvgIpc) is 2.48. The number of benzene rings is 1. The Kier molecular flexibility index (Phi) is 5.17. The molecule has 0 aliphatic carbocycles. The quantitative estimate of drug-likeness (QED) is 0.867. The fourth-order valence-corrected chi connectivity index (χ4v) is 3.45. The summed E-state index contributed by atoms with van der Waals surface area (Å²) in [5.74, 6) is -2.08. The first-order valence-corrected chi connectivity index (χ1v) is 8.85. The maximum atomic E-state index is 12.4. The van der Waals surface area contributed by atoms with E-state index in [0.717, 1.165) is 24.4 Å². The van der Waals surface area contributed by atoms with Gasteiger partial charge in [-0.3, -0.25) is 4.79 Å². The Morgan fingerprint density at radius 3 is 2.52 bits per heavy atom. The topological polar surface area (TPSA) is 75.3 Å². The summed E-state index contributed by atoms with van der Waals surface area (Å²) >= 11 is 1.66. The van der Waals surface area contributed by atoms with Gasteiger partial charge in [-0.05, 0) is 24.3 Å². The Labute approximate surface area is 125 Å². The Balaban J connectivity index is 2.04. The molecule has 116 valence electrons. The predicted octanol–water partition coefficient (Wildman–Crippen LogP) is 1.33. The molecule has 21 heavy (non-hydrogen) atoms. The molecule has 0 aromatic heterocycles. The second-order valence-electron chi connectivity index (χ2n) is 4.40. The molecule has 1 aromatic rings. The first kappa shape index (κ1) is 16.2. The number of thioether (sulfide) groups is 1. The van der Waals surface area contributed by atoms with Crippen LogP contribution in [-0.4, -0.2) is 44.2 Å². The number of nitrogens with one attached hydrogen (secondary N) is 2. The molecule has 1 aliphatic heterocycles. The van der Waals surface area contributed by atoms with Crippen LogP contribution in [0, 0.1) is 0 Å². The van der Waals surface area contributed by atoms with Crippen LogP contribution in [0.25, 0.3) is 0 Å². The van der Waals surface area contributed by atoms with E-state index >= 15 is 0 Å². The van der Waals surface area contributed by atoms with Crippen molar-refractivity contribution < 1.29 is 22.0 Å². The third kappa shape index (κ3) is 3.92. The molecule has 1 unspecified atom stereocenters. The lowest BCUT2D eigenvalue weighted by Gasteiger charge is -2.22. The summed E-state index contributed by atoms with van der Waals surface area (Å²) in [4.78, 5) is 11.5. The highest BCUT2D eigenvalue weighted by Gasteiger charge is 2.26. The number of hydrogen-bond acceptors (Lipinski definition) is 5. The van der Waals surface area contributed by atoms with Crippen LogP contribution >= 0.6 is 11.8 Å². The number of anilines is 1. The highest BCUT2D eigenvalue weighted by Crippen LogP contribution is 2.20. The zero-order chi connectivity index (χ0) is 15.5. The van der Waals surface area contributed by atoms with Gasteiger partial charge in [0, 0.05) is 23.7 Å². The van der Waals surface area contributed by atoms with Crippen molar-refractivity contribution in [2.75, 3.05) is 23.4 Å². The molecule has 9 heteroatoms. The Morgan fingerprint density at radius 1 is 1.33 bits per heavy atom. The van der Waals surface area contributed by atoms with Gasteiger partial charge in [-0.25, -0.2) is 8.42 Å². The summed E-state index contributed by atoms with van der Waals surface area (Å²) in [7, 11) is -4.60. The third-order valence-electron chi connectivity index (χ3n) is 2.92. The maximum absolute atomic E-state index is 12.4. The summed E-state index contributed by atoms with van der Waals surface area (Å²) in [5.41, 5.74) is 0.366. The summed E-state index contributed by atoms with van der Waals surface area (Å²) in [6.45, 7) is 0.744. The fraction of sp³-hybridized carbons (Fsp3) is 0.417. The minimum absolute atomic E-state index is 0.230. The van der Waals surface area contributed by atoms with Crippen molar-refractivity contribution in [3.05, 3.63) is 24.3 Å². The van der Waals surface area contributed by atoms with E-state index in [1.54, 1.807) is 11.8 Å².